The predicted octanol–water partition coefficient (Wildman–Crippen LogP) is 0.399. The van der Waals surface area contributed by atoms with E-state index in [1.54, 1.807) is 19.2 Å². The lowest BCUT2D eigenvalue weighted by molar-refractivity contribution is 0.120. The lowest BCUT2D eigenvalue weighted by atomic mass is 10.1. The molecule has 0 aromatic heterocycles. The van der Waals surface area contributed by atoms with Gasteiger partial charge < -0.3 is 9.64 Å². The van der Waals surface area contributed by atoms with Crippen molar-refractivity contribution in [3.63, 3.8) is 0 Å². The van der Waals surface area contributed by atoms with E-state index in [0.717, 1.165) is 44.9 Å². The van der Waals surface area contributed by atoms with Gasteiger partial charge in [-0.25, -0.2) is 0 Å². The van der Waals surface area contributed by atoms with Crippen molar-refractivity contribution in [2.24, 2.45) is 4.40 Å². The van der Waals surface area contributed by atoms with Gasteiger partial charge in [0.05, 0.1) is 6.61 Å². The van der Waals surface area contributed by atoms with Crippen molar-refractivity contribution in [3.8, 4) is 0 Å². The summed E-state index contributed by atoms with van der Waals surface area (Å²) in [6, 6.07) is 7.04. The van der Waals surface area contributed by atoms with E-state index in [-0.39, 0.29) is 0 Å². The van der Waals surface area contributed by atoms with E-state index in [1.165, 1.54) is 0 Å². The number of amidine groups is 1. The first kappa shape index (κ1) is 14.5. The summed E-state index contributed by atoms with van der Waals surface area (Å²) >= 11 is 0. The maximum absolute atomic E-state index is 12.1. The smallest absolute Gasteiger partial charge is 0.285 e. The van der Waals surface area contributed by atoms with Gasteiger partial charge in [-0.15, -0.1) is 4.40 Å². The Labute approximate surface area is 125 Å². The van der Waals surface area contributed by atoms with Crippen molar-refractivity contribution in [1.29, 1.82) is 0 Å². The zero-order valence-electron chi connectivity index (χ0n) is 12.0. The Balaban J connectivity index is 1.75. The van der Waals surface area contributed by atoms with Crippen LogP contribution in [0.4, 0.5) is 0 Å². The number of nitrogens with zero attached hydrogens (tertiary/aromatic N) is 3. The molecular weight excluding hydrogens is 290 g/mol. The van der Waals surface area contributed by atoms with Crippen LogP contribution in [0.1, 0.15) is 5.56 Å². The molecule has 0 unspecified atom stereocenters. The lowest BCUT2D eigenvalue weighted by Crippen LogP contribution is -2.49. The molecule has 6 nitrogen and oxygen atoms in total. The molecule has 3 rings (SSSR count). The molecule has 0 aliphatic carbocycles. The Morgan fingerprint density at radius 3 is 2.62 bits per heavy atom. The monoisotopic (exact) mass is 309 g/mol. The minimum absolute atomic E-state index is 0.321. The molecule has 2 aliphatic heterocycles. The first-order valence-electron chi connectivity index (χ1n) is 7.02. The number of fused-ring (bicyclic) bond motifs is 1. The molecule has 0 N–H and O–H groups in total. The van der Waals surface area contributed by atoms with Gasteiger partial charge in [0.1, 0.15) is 4.90 Å². The zero-order chi connectivity index (χ0) is 14.9. The van der Waals surface area contributed by atoms with Crippen LogP contribution in [-0.2, 0) is 14.8 Å². The molecule has 0 bridgehead atoms. The number of ether oxygens (including phenoxy) is 1. The topological polar surface area (TPSA) is 62.2 Å². The van der Waals surface area contributed by atoms with Crippen LogP contribution in [-0.4, -0.2) is 70.5 Å². The Morgan fingerprint density at radius 2 is 1.90 bits per heavy atom. The first-order chi connectivity index (χ1) is 10.1. The molecule has 2 heterocycles. The highest BCUT2D eigenvalue weighted by atomic mass is 32.2. The van der Waals surface area contributed by atoms with Gasteiger partial charge in [-0.2, -0.15) is 8.42 Å². The molecule has 0 saturated carbocycles. The van der Waals surface area contributed by atoms with Crippen LogP contribution in [0.2, 0.25) is 0 Å². The molecule has 0 amide bonds. The average molecular weight is 309 g/mol. The summed E-state index contributed by atoms with van der Waals surface area (Å²) in [6.45, 7) is 4.98. The van der Waals surface area contributed by atoms with Gasteiger partial charge in [-0.05, 0) is 12.1 Å². The fraction of sp³-hybridized carbons (Fsp3) is 0.500. The Bertz CT molecular complexity index is 649. The van der Waals surface area contributed by atoms with Crippen molar-refractivity contribution in [2.45, 2.75) is 4.90 Å². The highest BCUT2D eigenvalue weighted by Gasteiger charge is 2.32. The molecule has 114 valence electrons. The van der Waals surface area contributed by atoms with E-state index < -0.39 is 10.0 Å². The van der Waals surface area contributed by atoms with Gasteiger partial charge in [0.25, 0.3) is 10.0 Å². The number of benzene rings is 1. The van der Waals surface area contributed by atoms with Gasteiger partial charge in [0.2, 0.25) is 0 Å². The fourth-order valence-electron chi connectivity index (χ4n) is 2.72. The van der Waals surface area contributed by atoms with E-state index in [9.17, 15) is 8.42 Å². The molecule has 7 heteroatoms. The van der Waals surface area contributed by atoms with Gasteiger partial charge in [0.15, 0.2) is 5.84 Å². The first-order valence-corrected chi connectivity index (χ1v) is 8.46. The van der Waals surface area contributed by atoms with Gasteiger partial charge in [-0.3, -0.25) is 4.90 Å². The molecule has 2 aliphatic rings. The highest BCUT2D eigenvalue weighted by molar-refractivity contribution is 7.90. The zero-order valence-corrected chi connectivity index (χ0v) is 12.8. The Hall–Kier alpha value is -1.44. The molecule has 21 heavy (non-hydrogen) atoms. The molecule has 1 saturated heterocycles. The minimum Gasteiger partial charge on any atom is -0.383 e. The number of rotatable bonds is 3. The van der Waals surface area contributed by atoms with Crippen molar-refractivity contribution in [2.75, 3.05) is 46.4 Å². The van der Waals surface area contributed by atoms with Crippen LogP contribution in [0.5, 0.6) is 0 Å². The molecule has 1 fully saturated rings. The summed E-state index contributed by atoms with van der Waals surface area (Å²) in [4.78, 5) is 4.70. The van der Waals surface area contributed by atoms with Gasteiger partial charge in [-0.1, -0.05) is 12.1 Å². The second-order valence-electron chi connectivity index (χ2n) is 5.21. The third-order valence-corrected chi connectivity index (χ3v) is 5.22. The van der Waals surface area contributed by atoms with Crippen molar-refractivity contribution in [1.82, 2.24) is 9.80 Å². The number of hydrogen-bond donors (Lipinski definition) is 0. The lowest BCUT2D eigenvalue weighted by Gasteiger charge is -2.35. The summed E-state index contributed by atoms with van der Waals surface area (Å²) in [5.41, 5.74) is 0.725. The van der Waals surface area contributed by atoms with Crippen molar-refractivity contribution >= 4 is 15.9 Å². The fourth-order valence-corrected chi connectivity index (χ4v) is 3.95. The summed E-state index contributed by atoms with van der Waals surface area (Å²) in [7, 11) is -1.82. The van der Waals surface area contributed by atoms with E-state index in [0.29, 0.717) is 10.7 Å². The number of hydrogen-bond acceptors (Lipinski definition) is 5. The number of sulfonamides is 1. The van der Waals surface area contributed by atoms with Crippen molar-refractivity contribution < 1.29 is 13.2 Å². The average Bonchev–Trinajstić information content (AvgIpc) is 2.78. The quantitative estimate of drug-likeness (QED) is 0.809. The molecule has 1 aromatic carbocycles. The maximum Gasteiger partial charge on any atom is 0.285 e. The second kappa shape index (κ2) is 5.75. The molecule has 1 aromatic rings. The number of piperazine rings is 1. The largest absolute Gasteiger partial charge is 0.383 e. The molecule has 0 radical (unpaired) electrons. The van der Waals surface area contributed by atoms with Gasteiger partial charge >= 0.3 is 0 Å². The predicted molar refractivity (Wildman–Crippen MR) is 80.1 cm³/mol. The normalized spacial score (nSPS) is 21.2. The summed E-state index contributed by atoms with van der Waals surface area (Å²) in [6.07, 6.45) is 0. The molecular formula is C14H19N3O3S. The Morgan fingerprint density at radius 1 is 1.19 bits per heavy atom. The number of methoxy groups -OCH3 is 1. The van der Waals surface area contributed by atoms with Crippen molar-refractivity contribution in [3.05, 3.63) is 29.8 Å². The third kappa shape index (κ3) is 2.81. The van der Waals surface area contributed by atoms with Gasteiger partial charge in [0, 0.05) is 45.4 Å². The van der Waals surface area contributed by atoms with Crippen LogP contribution in [0.25, 0.3) is 0 Å². The standard InChI is InChI=1S/C14H19N3O3S/c1-20-11-10-16-6-8-17(9-7-16)14-12-4-2-3-5-13(12)21(18,19)15-14/h2-5H,6-11H2,1H3. The second-order valence-corrected chi connectivity index (χ2v) is 6.78. The van der Waals surface area contributed by atoms with Crippen LogP contribution in [0.15, 0.2) is 33.6 Å². The SMILES string of the molecule is COCCN1CCN(C2=NS(=O)(=O)c3ccccc32)CC1. The Kier molecular flexibility index (Phi) is 3.97. The van der Waals surface area contributed by atoms with Crippen LogP contribution >= 0.6 is 0 Å². The van der Waals surface area contributed by atoms with E-state index >= 15 is 0 Å². The molecule has 0 spiro atoms. The summed E-state index contributed by atoms with van der Waals surface area (Å²) < 4.78 is 33.2. The van der Waals surface area contributed by atoms with Crippen LogP contribution in [0, 0.1) is 0 Å². The third-order valence-electron chi connectivity index (χ3n) is 3.90. The van der Waals surface area contributed by atoms with E-state index in [2.05, 4.69) is 14.2 Å². The van der Waals surface area contributed by atoms with Crippen LogP contribution < -0.4 is 0 Å². The summed E-state index contributed by atoms with van der Waals surface area (Å²) in [5, 5.41) is 0. The summed E-state index contributed by atoms with van der Waals surface area (Å²) in [5.74, 6) is 0.594. The van der Waals surface area contributed by atoms with E-state index in [1.807, 2.05) is 12.1 Å². The highest BCUT2D eigenvalue weighted by Crippen LogP contribution is 2.27. The maximum atomic E-state index is 12.1. The van der Waals surface area contributed by atoms with Crippen LogP contribution in [0.3, 0.4) is 0 Å². The minimum atomic E-state index is -3.52. The van der Waals surface area contributed by atoms with E-state index in [4.69, 9.17) is 4.74 Å². The molecule has 0 atom stereocenters.